The highest BCUT2D eigenvalue weighted by Crippen LogP contribution is 2.19. The van der Waals surface area contributed by atoms with Crippen LogP contribution in [0.5, 0.6) is 0 Å². The number of carbonyl (C=O) groups is 1. The van der Waals surface area contributed by atoms with E-state index in [4.69, 9.17) is 10.9 Å². The van der Waals surface area contributed by atoms with Crippen LogP contribution in [0.4, 0.5) is 0 Å². The second-order valence-corrected chi connectivity index (χ2v) is 5.43. The molecule has 100 valence electrons. The number of nitrogens with zero attached hydrogens (tertiary/aromatic N) is 1. The Morgan fingerprint density at radius 1 is 1.50 bits per heavy atom. The molecule has 0 unspecified atom stereocenters. The minimum absolute atomic E-state index is 0.0362. The monoisotopic (exact) mass is 269 g/mol. The molecule has 6 heteroatoms. The van der Waals surface area contributed by atoms with Crippen LogP contribution in [0.2, 0.25) is 0 Å². The molecule has 0 aromatic carbocycles. The molecule has 0 saturated heterocycles. The molecule has 1 aromatic heterocycles. The topological polar surface area (TPSA) is 87.7 Å². The summed E-state index contributed by atoms with van der Waals surface area (Å²) in [5.41, 5.74) is 4.91. The fourth-order valence-corrected chi connectivity index (χ4v) is 2.55. The number of aryl methyl sites for hydroxylation is 1. The van der Waals surface area contributed by atoms with E-state index in [2.05, 4.69) is 10.5 Å². The molecule has 1 amide bonds. The molecule has 0 radical (unpaired) electrons. The molecular formula is C12H19N3O2S. The first-order chi connectivity index (χ1) is 8.49. The highest BCUT2D eigenvalue weighted by Gasteiger charge is 2.33. The van der Waals surface area contributed by atoms with Crippen LogP contribution in [0, 0.1) is 6.92 Å². The van der Waals surface area contributed by atoms with Gasteiger partial charge in [-0.15, -0.1) is 11.3 Å². The lowest BCUT2D eigenvalue weighted by molar-refractivity contribution is 0.0922. The Labute approximate surface area is 111 Å². The van der Waals surface area contributed by atoms with Crippen LogP contribution in [-0.2, 0) is 0 Å². The van der Waals surface area contributed by atoms with Crippen molar-refractivity contribution < 1.29 is 10.0 Å². The predicted octanol–water partition coefficient (Wildman–Crippen LogP) is 2.09. The quantitative estimate of drug-likeness (QED) is 0.331. The van der Waals surface area contributed by atoms with Crippen molar-refractivity contribution in [3.8, 4) is 0 Å². The lowest BCUT2D eigenvalue weighted by Crippen LogP contribution is -2.56. The van der Waals surface area contributed by atoms with Crippen LogP contribution in [-0.4, -0.2) is 22.5 Å². The predicted molar refractivity (Wildman–Crippen MR) is 73.2 cm³/mol. The number of carbonyl (C=O) groups excluding carboxylic acids is 1. The average molecular weight is 269 g/mol. The number of oxime groups is 1. The molecule has 0 atom stereocenters. The van der Waals surface area contributed by atoms with Crippen molar-refractivity contribution in [2.75, 3.05) is 0 Å². The van der Waals surface area contributed by atoms with Crippen molar-refractivity contribution >= 4 is 23.1 Å². The van der Waals surface area contributed by atoms with E-state index in [1.807, 2.05) is 26.8 Å². The Kier molecular flexibility index (Phi) is 4.72. The van der Waals surface area contributed by atoms with Gasteiger partial charge < -0.3 is 16.3 Å². The first-order valence-corrected chi connectivity index (χ1v) is 6.67. The van der Waals surface area contributed by atoms with E-state index in [9.17, 15) is 4.79 Å². The molecule has 0 aliphatic heterocycles. The van der Waals surface area contributed by atoms with Gasteiger partial charge in [0, 0.05) is 4.88 Å². The minimum atomic E-state index is -0.788. The number of nitrogens with one attached hydrogen (secondary N) is 1. The zero-order valence-electron chi connectivity index (χ0n) is 10.9. The molecule has 0 aliphatic rings. The van der Waals surface area contributed by atoms with Crippen molar-refractivity contribution in [1.29, 1.82) is 0 Å². The zero-order chi connectivity index (χ0) is 13.8. The molecule has 4 N–H and O–H groups in total. The van der Waals surface area contributed by atoms with Crippen LogP contribution < -0.4 is 11.1 Å². The number of amides is 1. The van der Waals surface area contributed by atoms with Gasteiger partial charge in [0.2, 0.25) is 0 Å². The fourth-order valence-electron chi connectivity index (χ4n) is 1.78. The number of rotatable bonds is 5. The second kappa shape index (κ2) is 5.86. The molecule has 0 fully saturated rings. The SMILES string of the molecule is CCC(CC)(NC(=O)c1ccc(C)s1)/C(N)=N/O. The molecule has 1 aromatic rings. The fraction of sp³-hybridized carbons (Fsp3) is 0.500. The number of thiophene rings is 1. The molecule has 18 heavy (non-hydrogen) atoms. The number of hydrogen-bond donors (Lipinski definition) is 3. The van der Waals surface area contributed by atoms with Gasteiger partial charge in [0.15, 0.2) is 5.84 Å². The summed E-state index contributed by atoms with van der Waals surface area (Å²) in [7, 11) is 0. The van der Waals surface area contributed by atoms with Crippen molar-refractivity contribution in [3.05, 3.63) is 21.9 Å². The smallest absolute Gasteiger partial charge is 0.262 e. The van der Waals surface area contributed by atoms with Crippen molar-refractivity contribution in [1.82, 2.24) is 5.32 Å². The van der Waals surface area contributed by atoms with Crippen molar-refractivity contribution in [2.45, 2.75) is 39.2 Å². The van der Waals surface area contributed by atoms with E-state index in [1.54, 1.807) is 6.07 Å². The summed E-state index contributed by atoms with van der Waals surface area (Å²) in [6.45, 7) is 5.72. The second-order valence-electron chi connectivity index (χ2n) is 4.14. The Bertz CT molecular complexity index is 450. The third kappa shape index (κ3) is 2.81. The summed E-state index contributed by atoms with van der Waals surface area (Å²) in [6.07, 6.45) is 1.13. The van der Waals surface area contributed by atoms with Crippen LogP contribution >= 0.6 is 11.3 Å². The minimum Gasteiger partial charge on any atom is -0.409 e. The third-order valence-corrected chi connectivity index (χ3v) is 4.12. The molecule has 5 nitrogen and oxygen atoms in total. The van der Waals surface area contributed by atoms with Gasteiger partial charge in [-0.2, -0.15) is 0 Å². The van der Waals surface area contributed by atoms with E-state index in [0.29, 0.717) is 17.7 Å². The van der Waals surface area contributed by atoms with Crippen molar-refractivity contribution in [3.63, 3.8) is 0 Å². The summed E-state index contributed by atoms with van der Waals surface area (Å²) in [4.78, 5) is 13.8. The maximum absolute atomic E-state index is 12.1. The first-order valence-electron chi connectivity index (χ1n) is 5.86. The summed E-state index contributed by atoms with van der Waals surface area (Å²) >= 11 is 1.42. The molecule has 1 heterocycles. The number of nitrogens with two attached hydrogens (primary N) is 1. The summed E-state index contributed by atoms with van der Waals surface area (Å²) < 4.78 is 0. The maximum Gasteiger partial charge on any atom is 0.262 e. The summed E-state index contributed by atoms with van der Waals surface area (Å²) in [5.74, 6) is -0.155. The summed E-state index contributed by atoms with van der Waals surface area (Å²) in [6, 6.07) is 3.67. The van der Waals surface area contributed by atoms with Gasteiger partial charge in [0.25, 0.3) is 5.91 Å². The van der Waals surface area contributed by atoms with Gasteiger partial charge in [0.05, 0.1) is 4.88 Å². The van der Waals surface area contributed by atoms with E-state index in [-0.39, 0.29) is 11.7 Å². The van der Waals surface area contributed by atoms with Gasteiger partial charge in [-0.05, 0) is 31.9 Å². The number of amidine groups is 1. The van der Waals surface area contributed by atoms with Crippen molar-refractivity contribution in [2.24, 2.45) is 10.9 Å². The highest BCUT2D eigenvalue weighted by molar-refractivity contribution is 7.13. The van der Waals surface area contributed by atoms with Gasteiger partial charge >= 0.3 is 0 Å². The average Bonchev–Trinajstić information content (AvgIpc) is 2.81. The largest absolute Gasteiger partial charge is 0.409 e. The van der Waals surface area contributed by atoms with Gasteiger partial charge in [-0.3, -0.25) is 4.79 Å². The number of hydrogen-bond acceptors (Lipinski definition) is 4. The Balaban J connectivity index is 2.95. The van der Waals surface area contributed by atoms with Gasteiger partial charge in [-0.1, -0.05) is 19.0 Å². The highest BCUT2D eigenvalue weighted by atomic mass is 32.1. The maximum atomic E-state index is 12.1. The summed E-state index contributed by atoms with van der Waals surface area (Å²) in [5, 5.41) is 14.7. The van der Waals surface area contributed by atoms with E-state index in [1.165, 1.54) is 11.3 Å². The molecule has 0 saturated carbocycles. The lowest BCUT2D eigenvalue weighted by atomic mass is 9.91. The molecule has 1 rings (SSSR count). The van der Waals surface area contributed by atoms with Crippen LogP contribution in [0.1, 0.15) is 41.2 Å². The first kappa shape index (κ1) is 14.5. The van der Waals surface area contributed by atoms with E-state index >= 15 is 0 Å². The van der Waals surface area contributed by atoms with Gasteiger partial charge in [0.1, 0.15) is 5.54 Å². The molecule has 0 bridgehead atoms. The van der Waals surface area contributed by atoms with Crippen LogP contribution in [0.15, 0.2) is 17.3 Å². The lowest BCUT2D eigenvalue weighted by Gasteiger charge is -2.31. The van der Waals surface area contributed by atoms with Crippen LogP contribution in [0.25, 0.3) is 0 Å². The Hall–Kier alpha value is -1.56. The molecular weight excluding hydrogens is 250 g/mol. The Morgan fingerprint density at radius 3 is 2.50 bits per heavy atom. The van der Waals surface area contributed by atoms with Gasteiger partial charge in [-0.25, -0.2) is 0 Å². The molecule has 0 aliphatic carbocycles. The molecule has 0 spiro atoms. The van der Waals surface area contributed by atoms with E-state index < -0.39 is 5.54 Å². The Morgan fingerprint density at radius 2 is 2.11 bits per heavy atom. The van der Waals surface area contributed by atoms with Crippen LogP contribution in [0.3, 0.4) is 0 Å². The third-order valence-electron chi connectivity index (χ3n) is 3.12. The standard InChI is InChI=1S/C12H19N3O2S/c1-4-12(5-2,11(13)15-17)14-10(16)9-7-6-8(3)18-9/h6-7,17H,4-5H2,1-3H3,(H2,13,15)(H,14,16). The zero-order valence-corrected chi connectivity index (χ0v) is 11.7. The van der Waals surface area contributed by atoms with E-state index in [0.717, 1.165) is 4.88 Å². The normalized spacial score (nSPS) is 12.5.